The Labute approximate surface area is 119 Å². The van der Waals surface area contributed by atoms with Gasteiger partial charge in [0, 0.05) is 12.6 Å². The van der Waals surface area contributed by atoms with E-state index in [1.165, 1.54) is 11.8 Å². The largest absolute Gasteiger partial charge is 0.394 e. The molecule has 7 nitrogen and oxygen atoms in total. The quantitative estimate of drug-likeness (QED) is 0.555. The maximum Gasteiger partial charge on any atom is 0.223 e. The molecule has 0 bridgehead atoms. The molecule has 0 saturated carbocycles. The van der Waals surface area contributed by atoms with E-state index in [0.717, 1.165) is 10.4 Å². The lowest BCUT2D eigenvalue weighted by molar-refractivity contribution is -0.0430. The highest BCUT2D eigenvalue weighted by atomic mass is 32.2. The molecule has 3 unspecified atom stereocenters. The van der Waals surface area contributed by atoms with Gasteiger partial charge in [0.25, 0.3) is 0 Å². The fourth-order valence-electron chi connectivity index (χ4n) is 2.46. The van der Waals surface area contributed by atoms with Crippen molar-refractivity contribution in [3.05, 3.63) is 12.3 Å². The normalized spacial score (nSPS) is 26.4. The van der Waals surface area contributed by atoms with Crippen LogP contribution in [0.15, 0.2) is 17.3 Å². The van der Waals surface area contributed by atoms with Gasteiger partial charge in [0.15, 0.2) is 0 Å². The van der Waals surface area contributed by atoms with Gasteiger partial charge in [0.05, 0.1) is 18.1 Å². The molecule has 0 radical (unpaired) electrons. The minimum absolute atomic E-state index is 0.204. The van der Waals surface area contributed by atoms with Crippen LogP contribution in [0, 0.1) is 0 Å². The number of aromatic nitrogens is 3. The lowest BCUT2D eigenvalue weighted by Crippen LogP contribution is -2.24. The summed E-state index contributed by atoms with van der Waals surface area (Å²) in [6.45, 7) is -0.204. The van der Waals surface area contributed by atoms with Gasteiger partial charge in [0.2, 0.25) is 5.95 Å². The molecule has 8 heteroatoms. The first-order valence-corrected chi connectivity index (χ1v) is 7.49. The number of hydrogen-bond acceptors (Lipinski definition) is 7. The summed E-state index contributed by atoms with van der Waals surface area (Å²) < 4.78 is 7.47. The lowest BCUT2D eigenvalue weighted by Gasteiger charge is -2.14. The molecule has 1 saturated heterocycles. The van der Waals surface area contributed by atoms with Crippen LogP contribution in [0.3, 0.4) is 0 Å². The van der Waals surface area contributed by atoms with E-state index < -0.39 is 12.2 Å². The summed E-state index contributed by atoms with van der Waals surface area (Å²) in [7, 11) is 0. The smallest absolute Gasteiger partial charge is 0.223 e. The molecular weight excluding hydrogens is 280 g/mol. The number of aliphatic hydroxyl groups excluding tert-OH is 2. The van der Waals surface area contributed by atoms with Gasteiger partial charge in [0.1, 0.15) is 23.0 Å². The Balaban J connectivity index is 2.03. The summed E-state index contributed by atoms with van der Waals surface area (Å²) in [6, 6.07) is 1.91. The fraction of sp³-hybridized carbons (Fsp3) is 0.500. The van der Waals surface area contributed by atoms with E-state index in [-0.39, 0.29) is 18.8 Å². The maximum absolute atomic E-state index is 9.83. The van der Waals surface area contributed by atoms with Gasteiger partial charge in [-0.15, -0.1) is 11.8 Å². The number of anilines is 1. The number of nitrogens with zero attached hydrogens (tertiary/aromatic N) is 3. The number of ether oxygens (including phenoxy) is 1. The van der Waals surface area contributed by atoms with E-state index in [1.54, 1.807) is 0 Å². The highest BCUT2D eigenvalue weighted by Gasteiger charge is 2.35. The summed E-state index contributed by atoms with van der Waals surface area (Å²) in [5.74, 6) is 0.207. The molecule has 1 fully saturated rings. The van der Waals surface area contributed by atoms with Crippen molar-refractivity contribution in [2.24, 2.45) is 0 Å². The number of aliphatic hydroxyl groups is 2. The first-order valence-electron chi connectivity index (χ1n) is 6.26. The zero-order valence-corrected chi connectivity index (χ0v) is 11.7. The molecule has 4 N–H and O–H groups in total. The molecule has 108 valence electrons. The molecule has 2 aromatic rings. The van der Waals surface area contributed by atoms with Crippen molar-refractivity contribution in [3.8, 4) is 0 Å². The zero-order chi connectivity index (χ0) is 14.3. The number of rotatable bonds is 3. The number of nitrogens with two attached hydrogens (primary N) is 1. The predicted octanol–water partition coefficient (Wildman–Crippen LogP) is 0.376. The molecule has 3 rings (SSSR count). The minimum atomic E-state index is -0.679. The Morgan fingerprint density at radius 2 is 2.35 bits per heavy atom. The van der Waals surface area contributed by atoms with Gasteiger partial charge in [-0.25, -0.2) is 4.98 Å². The fourth-order valence-corrected chi connectivity index (χ4v) is 3.02. The van der Waals surface area contributed by atoms with Crippen LogP contribution in [-0.2, 0) is 4.74 Å². The van der Waals surface area contributed by atoms with Crippen molar-refractivity contribution in [3.63, 3.8) is 0 Å². The molecule has 20 heavy (non-hydrogen) atoms. The minimum Gasteiger partial charge on any atom is -0.394 e. The van der Waals surface area contributed by atoms with Gasteiger partial charge >= 0.3 is 0 Å². The van der Waals surface area contributed by atoms with Gasteiger partial charge in [-0.05, 0) is 12.3 Å². The van der Waals surface area contributed by atoms with Crippen LogP contribution in [0.5, 0.6) is 0 Å². The van der Waals surface area contributed by atoms with Crippen molar-refractivity contribution in [1.82, 2.24) is 14.5 Å². The van der Waals surface area contributed by atoms with E-state index >= 15 is 0 Å². The summed E-state index contributed by atoms with van der Waals surface area (Å²) in [4.78, 5) is 8.45. The third-order valence-corrected chi connectivity index (χ3v) is 4.14. The highest BCUT2D eigenvalue weighted by molar-refractivity contribution is 7.98. The standard InChI is InChI=1S/C12H16N4O3S/c1-20-11-6-2-3-16(10(6)14-12(13)15-11)9-4-7(18)8(5-17)19-9/h2-3,7-9,17-18H,4-5H2,1H3,(H2,13,14,15). The van der Waals surface area contributed by atoms with Crippen LogP contribution >= 0.6 is 11.8 Å². The number of fused-ring (bicyclic) bond motifs is 1. The third kappa shape index (κ3) is 2.14. The van der Waals surface area contributed by atoms with Gasteiger partial charge in [-0.1, -0.05) is 0 Å². The second-order valence-corrected chi connectivity index (χ2v) is 5.46. The van der Waals surface area contributed by atoms with Crippen molar-refractivity contribution in [2.75, 3.05) is 18.6 Å². The third-order valence-electron chi connectivity index (χ3n) is 3.44. The Morgan fingerprint density at radius 1 is 1.55 bits per heavy atom. The molecular formula is C12H16N4O3S. The van der Waals surface area contributed by atoms with Crippen LogP contribution in [0.2, 0.25) is 0 Å². The number of thioether (sulfide) groups is 1. The Hall–Kier alpha value is -1.35. The van der Waals surface area contributed by atoms with Crippen molar-refractivity contribution < 1.29 is 14.9 Å². The molecule has 1 aliphatic rings. The summed E-state index contributed by atoms with van der Waals surface area (Å²) in [6.07, 6.45) is 2.58. The molecule has 3 heterocycles. The van der Waals surface area contributed by atoms with E-state index in [2.05, 4.69) is 9.97 Å². The topological polar surface area (TPSA) is 106 Å². The molecule has 0 aliphatic carbocycles. The SMILES string of the molecule is CSc1nc(N)nc2c1ccn2C1CC(O)C(CO)O1. The molecule has 0 spiro atoms. The molecule has 1 aliphatic heterocycles. The highest BCUT2D eigenvalue weighted by Crippen LogP contribution is 2.33. The Morgan fingerprint density at radius 3 is 3.00 bits per heavy atom. The number of hydrogen-bond donors (Lipinski definition) is 3. The Bertz CT molecular complexity index is 632. The van der Waals surface area contributed by atoms with Crippen molar-refractivity contribution in [1.29, 1.82) is 0 Å². The second kappa shape index (κ2) is 5.21. The van der Waals surface area contributed by atoms with E-state index in [1.807, 2.05) is 23.1 Å². The average Bonchev–Trinajstić information content (AvgIpc) is 3.00. The molecule has 3 atom stereocenters. The number of nitrogen functional groups attached to an aromatic ring is 1. The van der Waals surface area contributed by atoms with Gasteiger partial charge in [-0.3, -0.25) is 0 Å². The van der Waals surface area contributed by atoms with Gasteiger partial charge < -0.3 is 25.3 Å². The molecule has 0 amide bonds. The van der Waals surface area contributed by atoms with Crippen LogP contribution in [0.25, 0.3) is 11.0 Å². The van der Waals surface area contributed by atoms with E-state index in [4.69, 9.17) is 15.6 Å². The Kier molecular flexibility index (Phi) is 3.55. The lowest BCUT2D eigenvalue weighted by atomic mass is 10.2. The molecule has 2 aromatic heterocycles. The van der Waals surface area contributed by atoms with E-state index in [9.17, 15) is 5.11 Å². The maximum atomic E-state index is 9.83. The van der Waals surface area contributed by atoms with Crippen molar-refractivity contribution >= 4 is 28.7 Å². The summed E-state index contributed by atoms with van der Waals surface area (Å²) >= 11 is 1.50. The van der Waals surface area contributed by atoms with Crippen LogP contribution < -0.4 is 5.73 Å². The summed E-state index contributed by atoms with van der Waals surface area (Å²) in [5.41, 5.74) is 6.41. The molecule has 0 aromatic carbocycles. The van der Waals surface area contributed by atoms with E-state index in [0.29, 0.717) is 12.1 Å². The first kappa shape index (κ1) is 13.6. The monoisotopic (exact) mass is 296 g/mol. The van der Waals surface area contributed by atoms with Crippen LogP contribution in [0.4, 0.5) is 5.95 Å². The predicted molar refractivity (Wildman–Crippen MR) is 75.3 cm³/mol. The average molecular weight is 296 g/mol. The summed E-state index contributed by atoms with van der Waals surface area (Å²) in [5, 5.41) is 20.7. The van der Waals surface area contributed by atoms with Gasteiger partial charge in [-0.2, -0.15) is 4.98 Å². The zero-order valence-electron chi connectivity index (χ0n) is 10.9. The van der Waals surface area contributed by atoms with Crippen LogP contribution in [0.1, 0.15) is 12.6 Å². The van der Waals surface area contributed by atoms with Crippen molar-refractivity contribution in [2.45, 2.75) is 29.9 Å². The van der Waals surface area contributed by atoms with Crippen LogP contribution in [-0.4, -0.2) is 49.8 Å². The second-order valence-electron chi connectivity index (χ2n) is 4.67. The first-order chi connectivity index (χ1) is 9.63.